The van der Waals surface area contributed by atoms with Crippen LogP contribution in [0.2, 0.25) is 0 Å². The van der Waals surface area contributed by atoms with Gasteiger partial charge < -0.3 is 10.3 Å². The molecule has 0 saturated carbocycles. The molecule has 0 saturated heterocycles. The standard InChI is InChI=1S/C19H13F3N2/c20-19(21,22)16-17-12(10-5-1-3-7-14(10)23-17)9-13-11-6-2-4-8-15(11)24-18(13)16/h1-10,14,23-24H. The number of anilines is 1. The zero-order valence-corrected chi connectivity index (χ0v) is 12.5. The van der Waals surface area contributed by atoms with Crippen molar-refractivity contribution in [2.24, 2.45) is 0 Å². The summed E-state index contributed by atoms with van der Waals surface area (Å²) in [4.78, 5) is 2.97. The number of H-pyrrole nitrogens is 1. The van der Waals surface area contributed by atoms with Crippen LogP contribution in [0.3, 0.4) is 0 Å². The van der Waals surface area contributed by atoms with Crippen molar-refractivity contribution >= 4 is 27.5 Å². The molecule has 2 N–H and O–H groups in total. The second-order valence-electron chi connectivity index (χ2n) is 6.27. The molecule has 1 aromatic heterocycles. The maximum Gasteiger partial charge on any atom is 0.420 e. The normalized spacial score (nSPS) is 22.0. The van der Waals surface area contributed by atoms with Crippen molar-refractivity contribution in [2.75, 3.05) is 5.32 Å². The molecule has 2 heterocycles. The number of rotatable bonds is 0. The molecule has 3 aromatic rings. The molecule has 2 aromatic carbocycles. The van der Waals surface area contributed by atoms with E-state index in [1.807, 2.05) is 48.6 Å². The Morgan fingerprint density at radius 3 is 2.58 bits per heavy atom. The molecule has 5 rings (SSSR count). The van der Waals surface area contributed by atoms with Gasteiger partial charge in [-0.25, -0.2) is 0 Å². The topological polar surface area (TPSA) is 27.8 Å². The third-order valence-electron chi connectivity index (χ3n) is 4.92. The summed E-state index contributed by atoms with van der Waals surface area (Å²) in [5, 5.41) is 4.52. The number of para-hydroxylation sites is 1. The van der Waals surface area contributed by atoms with Crippen molar-refractivity contribution in [1.82, 2.24) is 4.98 Å². The Balaban J connectivity index is 1.92. The first-order valence-electron chi connectivity index (χ1n) is 7.80. The molecular formula is C19H13F3N2. The Morgan fingerprint density at radius 1 is 0.958 bits per heavy atom. The number of hydrogen-bond donors (Lipinski definition) is 2. The van der Waals surface area contributed by atoms with Gasteiger partial charge in [-0.2, -0.15) is 13.2 Å². The maximum atomic E-state index is 13.9. The van der Waals surface area contributed by atoms with Crippen LogP contribution in [0.1, 0.15) is 17.0 Å². The van der Waals surface area contributed by atoms with Crippen LogP contribution in [-0.2, 0) is 6.18 Å². The van der Waals surface area contributed by atoms with Crippen LogP contribution in [0.15, 0.2) is 54.6 Å². The lowest BCUT2D eigenvalue weighted by Crippen LogP contribution is -2.18. The minimum atomic E-state index is -4.43. The first-order valence-corrected chi connectivity index (χ1v) is 7.80. The lowest BCUT2D eigenvalue weighted by Gasteiger charge is -2.15. The van der Waals surface area contributed by atoms with Crippen LogP contribution in [0, 0.1) is 0 Å². The van der Waals surface area contributed by atoms with Gasteiger partial charge in [-0.1, -0.05) is 42.5 Å². The van der Waals surface area contributed by atoms with Crippen LogP contribution >= 0.6 is 0 Å². The number of aromatic nitrogens is 1. The zero-order valence-electron chi connectivity index (χ0n) is 12.5. The second-order valence-corrected chi connectivity index (χ2v) is 6.27. The number of fused-ring (bicyclic) bond motifs is 6. The molecule has 1 aliphatic heterocycles. The van der Waals surface area contributed by atoms with Crippen LogP contribution in [-0.4, -0.2) is 11.0 Å². The van der Waals surface area contributed by atoms with Gasteiger partial charge in [-0.15, -0.1) is 0 Å². The second kappa shape index (κ2) is 4.44. The highest BCUT2D eigenvalue weighted by atomic mass is 19.4. The molecule has 0 radical (unpaired) electrons. The Bertz CT molecular complexity index is 1040. The van der Waals surface area contributed by atoms with Crippen LogP contribution < -0.4 is 5.32 Å². The molecule has 2 unspecified atom stereocenters. The van der Waals surface area contributed by atoms with E-state index in [4.69, 9.17) is 0 Å². The van der Waals surface area contributed by atoms with E-state index in [2.05, 4.69) is 10.3 Å². The van der Waals surface area contributed by atoms with Crippen molar-refractivity contribution in [3.63, 3.8) is 0 Å². The Labute approximate surface area is 135 Å². The summed E-state index contributed by atoms with van der Waals surface area (Å²) in [5.74, 6) is -0.0656. The van der Waals surface area contributed by atoms with Gasteiger partial charge in [0.15, 0.2) is 0 Å². The summed E-state index contributed by atoms with van der Waals surface area (Å²) in [7, 11) is 0. The molecule has 24 heavy (non-hydrogen) atoms. The largest absolute Gasteiger partial charge is 0.420 e. The van der Waals surface area contributed by atoms with Crippen molar-refractivity contribution in [2.45, 2.75) is 18.1 Å². The maximum absolute atomic E-state index is 13.9. The summed E-state index contributed by atoms with van der Waals surface area (Å²) in [6.07, 6.45) is 3.21. The molecule has 2 atom stereocenters. The molecular weight excluding hydrogens is 313 g/mol. The third kappa shape index (κ3) is 1.72. The van der Waals surface area contributed by atoms with Crippen molar-refractivity contribution in [3.05, 3.63) is 65.8 Å². The lowest BCUT2D eigenvalue weighted by molar-refractivity contribution is -0.135. The molecule has 0 spiro atoms. The fourth-order valence-electron chi connectivity index (χ4n) is 3.92. The van der Waals surface area contributed by atoms with Crippen molar-refractivity contribution in [3.8, 4) is 0 Å². The fourth-order valence-corrected chi connectivity index (χ4v) is 3.92. The van der Waals surface area contributed by atoms with Crippen LogP contribution in [0.5, 0.6) is 0 Å². The van der Waals surface area contributed by atoms with E-state index in [9.17, 15) is 13.2 Å². The smallest absolute Gasteiger partial charge is 0.377 e. The number of hydrogen-bond acceptors (Lipinski definition) is 1. The number of nitrogens with one attached hydrogen (secondary N) is 2. The number of halogens is 3. The summed E-state index contributed by atoms with van der Waals surface area (Å²) in [6.45, 7) is 0. The molecule has 0 fully saturated rings. The van der Waals surface area contributed by atoms with Gasteiger partial charge in [0, 0.05) is 22.2 Å². The SMILES string of the molecule is FC(F)(F)c1c2c(cc3c1[nH]c1ccccc13)C1C=CC=CC1N2. The van der Waals surface area contributed by atoms with E-state index in [0.29, 0.717) is 10.9 Å². The van der Waals surface area contributed by atoms with E-state index >= 15 is 0 Å². The molecule has 0 amide bonds. The van der Waals surface area contributed by atoms with Gasteiger partial charge in [0.25, 0.3) is 0 Å². The summed E-state index contributed by atoms with van der Waals surface area (Å²) < 4.78 is 41.6. The molecule has 2 aliphatic rings. The fraction of sp³-hybridized carbons (Fsp3) is 0.158. The number of benzene rings is 2. The van der Waals surface area contributed by atoms with Gasteiger partial charge in [-0.05, 0) is 17.7 Å². The van der Waals surface area contributed by atoms with E-state index in [1.165, 1.54) is 0 Å². The van der Waals surface area contributed by atoms with Crippen molar-refractivity contribution in [1.29, 1.82) is 0 Å². The molecule has 2 nitrogen and oxygen atoms in total. The molecule has 5 heteroatoms. The average Bonchev–Trinajstić information content (AvgIpc) is 3.09. The zero-order chi connectivity index (χ0) is 16.5. The predicted octanol–water partition coefficient (Wildman–Crippen LogP) is 5.34. The van der Waals surface area contributed by atoms with Gasteiger partial charge in [-0.3, -0.25) is 0 Å². The summed E-state index contributed by atoms with van der Waals surface area (Å²) in [6, 6.07) is 9.11. The quantitative estimate of drug-likeness (QED) is 0.573. The summed E-state index contributed by atoms with van der Waals surface area (Å²) in [5.41, 5.74) is 1.19. The average molecular weight is 326 g/mol. The van der Waals surface area contributed by atoms with Gasteiger partial charge in [0.2, 0.25) is 0 Å². The number of alkyl halides is 3. The van der Waals surface area contributed by atoms with E-state index in [1.54, 1.807) is 6.07 Å². The van der Waals surface area contributed by atoms with E-state index in [0.717, 1.165) is 10.9 Å². The highest BCUT2D eigenvalue weighted by Crippen LogP contribution is 2.50. The van der Waals surface area contributed by atoms with Crippen LogP contribution in [0.25, 0.3) is 21.8 Å². The lowest BCUT2D eigenvalue weighted by atomic mass is 9.89. The third-order valence-corrected chi connectivity index (χ3v) is 4.92. The number of aromatic amines is 1. The van der Waals surface area contributed by atoms with Gasteiger partial charge >= 0.3 is 6.18 Å². The first-order chi connectivity index (χ1) is 11.5. The van der Waals surface area contributed by atoms with E-state index < -0.39 is 11.7 Å². The molecule has 1 aliphatic carbocycles. The highest BCUT2D eigenvalue weighted by molar-refractivity contribution is 6.10. The molecule has 0 bridgehead atoms. The van der Waals surface area contributed by atoms with Gasteiger partial charge in [0.1, 0.15) is 5.56 Å². The Morgan fingerprint density at radius 2 is 1.75 bits per heavy atom. The predicted molar refractivity (Wildman–Crippen MR) is 89.2 cm³/mol. The highest BCUT2D eigenvalue weighted by Gasteiger charge is 2.42. The Hall–Kier alpha value is -2.69. The number of allylic oxidation sites excluding steroid dienone is 2. The monoisotopic (exact) mass is 326 g/mol. The molecule has 120 valence electrons. The Kier molecular flexibility index (Phi) is 2.54. The van der Waals surface area contributed by atoms with Crippen molar-refractivity contribution < 1.29 is 13.2 Å². The van der Waals surface area contributed by atoms with Crippen LogP contribution in [0.4, 0.5) is 18.9 Å². The summed E-state index contributed by atoms with van der Waals surface area (Å²) >= 11 is 0. The first kappa shape index (κ1) is 13.7. The minimum absolute atomic E-state index is 0.0656. The minimum Gasteiger partial charge on any atom is -0.377 e. The van der Waals surface area contributed by atoms with E-state index in [-0.39, 0.29) is 23.2 Å². The van der Waals surface area contributed by atoms with Gasteiger partial charge in [0.05, 0.1) is 17.2 Å².